The number of rotatable bonds is 9. The molecule has 0 radical (unpaired) electrons. The summed E-state index contributed by atoms with van der Waals surface area (Å²) in [6, 6.07) is -1.41. The van der Waals surface area contributed by atoms with Gasteiger partial charge in [0.05, 0.1) is 14.5 Å². The number of piperidine rings is 1. The van der Waals surface area contributed by atoms with Gasteiger partial charge in [-0.15, -0.1) is 10.2 Å². The Morgan fingerprint density at radius 2 is 2.21 bits per heavy atom. The predicted octanol–water partition coefficient (Wildman–Crippen LogP) is -0.252. The number of nitrogens with zero attached hydrogens (tertiary/aromatic N) is 4. The molecule has 2 fully saturated rings. The summed E-state index contributed by atoms with van der Waals surface area (Å²) in [6.45, 7) is 1.31. The fourth-order valence-corrected chi connectivity index (χ4v) is 4.34. The van der Waals surface area contributed by atoms with Gasteiger partial charge >= 0.3 is 5.97 Å². The zero-order chi connectivity index (χ0) is 21.6. The van der Waals surface area contributed by atoms with Crippen LogP contribution in [0.5, 0.6) is 0 Å². The zero-order valence-corrected chi connectivity index (χ0v) is 17.3. The number of H-pyrrole nitrogens is 1. The van der Waals surface area contributed by atoms with Crippen molar-refractivity contribution in [2.45, 2.75) is 44.5 Å². The maximum atomic E-state index is 12.6. The van der Waals surface area contributed by atoms with Crippen molar-refractivity contribution < 1.29 is 15.7 Å². The quantitative estimate of drug-likeness (QED) is 0.478. The average Bonchev–Trinajstić information content (AvgIpc) is 3.25. The van der Waals surface area contributed by atoms with Gasteiger partial charge in [-0.25, -0.2) is 0 Å². The van der Waals surface area contributed by atoms with Gasteiger partial charge in [0.15, 0.2) is 5.82 Å². The Morgan fingerprint density at radius 1 is 1.34 bits per heavy atom. The van der Waals surface area contributed by atoms with Crippen LogP contribution in [-0.2, 0) is 20.7 Å². The normalized spacial score (nSPS) is 29.6. The maximum absolute atomic E-state index is 12.6. The molecule has 3 N–H and O–H groups in total. The van der Waals surface area contributed by atoms with Crippen molar-refractivity contribution in [3.05, 3.63) is 5.82 Å². The Bertz CT molecular complexity index is 704. The standard InChI is InChI=1S/C19H33N7O3/c1-20-12-18(27)26(2)7-8-29-19(28)16-10-15-9-13(3-5-14(15)11-21-16)4-6-17-22-24-25-23-17/h13-16,20-21H,3-12H2,1-2H3,(H,22,23,24,25)/t13-,14+,15-,16+/m1/s1/i16D. The predicted molar refractivity (Wildman–Crippen MR) is 106 cm³/mol. The molecule has 1 aromatic rings. The van der Waals surface area contributed by atoms with E-state index in [2.05, 4.69) is 31.3 Å². The minimum Gasteiger partial charge on any atom is -0.463 e. The molecule has 29 heavy (non-hydrogen) atoms. The first-order valence-electron chi connectivity index (χ1n) is 10.9. The highest BCUT2D eigenvalue weighted by atomic mass is 16.5. The zero-order valence-electron chi connectivity index (χ0n) is 18.3. The number of ether oxygens (including phenoxy) is 1. The molecule has 1 aromatic heterocycles. The smallest absolute Gasteiger partial charge is 0.323 e. The molecule has 10 nitrogen and oxygen atoms in total. The second-order valence-corrected chi connectivity index (χ2v) is 8.11. The van der Waals surface area contributed by atoms with E-state index in [9.17, 15) is 9.59 Å². The molecule has 4 atom stereocenters. The summed E-state index contributed by atoms with van der Waals surface area (Å²) in [7, 11) is 3.38. The molecule has 1 aliphatic carbocycles. The molecule has 1 amide bonds. The number of nitrogens with one attached hydrogen (secondary N) is 3. The van der Waals surface area contributed by atoms with Crippen molar-refractivity contribution in [2.24, 2.45) is 17.8 Å². The highest BCUT2D eigenvalue weighted by Gasteiger charge is 2.38. The van der Waals surface area contributed by atoms with E-state index in [1.807, 2.05) is 0 Å². The number of hydrogen-bond donors (Lipinski definition) is 3. The summed E-state index contributed by atoms with van der Waals surface area (Å²) >= 11 is 0. The number of aromatic nitrogens is 4. The lowest BCUT2D eigenvalue weighted by atomic mass is 9.69. The molecule has 1 saturated carbocycles. The molecule has 10 heteroatoms. The fraction of sp³-hybridized carbons (Fsp3) is 0.842. The number of carbonyl (C=O) groups excluding carboxylic acids is 2. The van der Waals surface area contributed by atoms with Crippen LogP contribution in [0.1, 0.15) is 39.3 Å². The minimum absolute atomic E-state index is 0.0677. The number of aryl methyl sites for hydroxylation is 1. The van der Waals surface area contributed by atoms with Crippen molar-refractivity contribution >= 4 is 11.9 Å². The fourth-order valence-electron chi connectivity index (χ4n) is 4.34. The molecule has 2 heterocycles. The van der Waals surface area contributed by atoms with E-state index in [0.717, 1.165) is 37.9 Å². The van der Waals surface area contributed by atoms with Gasteiger partial charge in [0.1, 0.15) is 12.6 Å². The van der Waals surface area contributed by atoms with Gasteiger partial charge in [-0.2, -0.15) is 5.21 Å². The van der Waals surface area contributed by atoms with Gasteiger partial charge in [-0.05, 0) is 57.0 Å². The first kappa shape index (κ1) is 20.2. The molecule has 162 valence electrons. The van der Waals surface area contributed by atoms with E-state index in [1.165, 1.54) is 4.90 Å². The third kappa shape index (κ3) is 6.20. The molecule has 0 bridgehead atoms. The molecular weight excluding hydrogens is 374 g/mol. The van der Waals surface area contributed by atoms with Gasteiger partial charge in [0.25, 0.3) is 0 Å². The van der Waals surface area contributed by atoms with Crippen molar-refractivity contribution in [3.8, 4) is 0 Å². The molecule has 3 rings (SSSR count). The summed E-state index contributed by atoms with van der Waals surface area (Å²) < 4.78 is 14.0. The third-order valence-electron chi connectivity index (χ3n) is 6.12. The van der Waals surface area contributed by atoms with E-state index in [-0.39, 0.29) is 19.1 Å². The Morgan fingerprint density at radius 3 is 2.97 bits per heavy atom. The Labute approximate surface area is 172 Å². The molecule has 2 aliphatic rings. The van der Waals surface area contributed by atoms with Crippen molar-refractivity contribution in [3.63, 3.8) is 0 Å². The number of tetrazole rings is 1. The number of carbonyl (C=O) groups is 2. The summed E-state index contributed by atoms with van der Waals surface area (Å²) in [5.74, 6) is 1.50. The van der Waals surface area contributed by atoms with Gasteiger partial charge in [-0.1, -0.05) is 11.6 Å². The van der Waals surface area contributed by atoms with Crippen LogP contribution >= 0.6 is 0 Å². The highest BCUT2D eigenvalue weighted by molar-refractivity contribution is 5.78. The summed E-state index contributed by atoms with van der Waals surface area (Å²) in [6.07, 6.45) is 5.54. The Hall–Kier alpha value is -2.07. The van der Waals surface area contributed by atoms with Crippen LogP contribution in [0.15, 0.2) is 0 Å². The van der Waals surface area contributed by atoms with Crippen LogP contribution in [0.4, 0.5) is 0 Å². The van der Waals surface area contributed by atoms with Gasteiger partial charge < -0.3 is 20.3 Å². The van der Waals surface area contributed by atoms with Crippen LogP contribution in [0.25, 0.3) is 0 Å². The van der Waals surface area contributed by atoms with Crippen molar-refractivity contribution in [1.29, 1.82) is 0 Å². The first-order chi connectivity index (χ1) is 14.4. The third-order valence-corrected chi connectivity index (χ3v) is 6.12. The topological polar surface area (TPSA) is 125 Å². The second kappa shape index (κ2) is 10.6. The lowest BCUT2D eigenvalue weighted by Gasteiger charge is -2.42. The van der Waals surface area contributed by atoms with E-state index in [0.29, 0.717) is 37.3 Å². The number of aromatic amines is 1. The minimum atomic E-state index is -1.41. The molecule has 0 aromatic carbocycles. The first-order valence-corrected chi connectivity index (χ1v) is 10.4. The molecule has 1 saturated heterocycles. The molecule has 0 spiro atoms. The SMILES string of the molecule is [2H][C@@]1(C(=O)OCCN(C)C(=O)CNC)C[C@H]2C[C@@H](CCc3nn[nH]n3)CC[C@H]2CN1. The molecule has 0 unspecified atom stereocenters. The van der Waals surface area contributed by atoms with Crippen LogP contribution in [0, 0.1) is 17.8 Å². The number of esters is 1. The van der Waals surface area contributed by atoms with Gasteiger partial charge in [-0.3, -0.25) is 9.59 Å². The number of hydrogen-bond acceptors (Lipinski definition) is 8. The van der Waals surface area contributed by atoms with E-state index in [4.69, 9.17) is 6.11 Å². The van der Waals surface area contributed by atoms with Crippen LogP contribution in [0.2, 0.25) is 0 Å². The van der Waals surface area contributed by atoms with Crippen LogP contribution in [-0.4, -0.2) is 83.8 Å². The largest absolute Gasteiger partial charge is 0.463 e. The van der Waals surface area contributed by atoms with E-state index in [1.54, 1.807) is 14.1 Å². The number of likely N-dealkylation sites (N-methyl/N-ethyl adjacent to an activating group) is 2. The molecule has 1 aliphatic heterocycles. The van der Waals surface area contributed by atoms with E-state index >= 15 is 0 Å². The van der Waals surface area contributed by atoms with Gasteiger partial charge in [0, 0.05) is 13.5 Å². The average molecular weight is 409 g/mol. The summed E-state index contributed by atoms with van der Waals surface area (Å²) in [5, 5.41) is 20.0. The lowest BCUT2D eigenvalue weighted by Crippen LogP contribution is -2.50. The van der Waals surface area contributed by atoms with Crippen LogP contribution < -0.4 is 10.6 Å². The lowest BCUT2D eigenvalue weighted by molar-refractivity contribution is -0.149. The molecular formula is C19H33N7O3. The van der Waals surface area contributed by atoms with Gasteiger partial charge in [0.2, 0.25) is 5.91 Å². The van der Waals surface area contributed by atoms with Crippen LogP contribution in [0.3, 0.4) is 0 Å². The summed E-state index contributed by atoms with van der Waals surface area (Å²) in [4.78, 5) is 25.9. The number of fused-ring (bicyclic) bond motifs is 1. The second-order valence-electron chi connectivity index (χ2n) is 8.11. The van der Waals surface area contributed by atoms with E-state index < -0.39 is 12.0 Å². The summed E-state index contributed by atoms with van der Waals surface area (Å²) in [5.41, 5.74) is 0. The van der Waals surface area contributed by atoms with Crippen molar-refractivity contribution in [2.75, 3.05) is 40.3 Å². The Balaban J connectivity index is 1.45. The number of amides is 1. The van der Waals surface area contributed by atoms with Crippen molar-refractivity contribution in [1.82, 2.24) is 36.2 Å². The Kier molecular flexibility index (Phi) is 7.41. The monoisotopic (exact) mass is 408 g/mol. The highest BCUT2D eigenvalue weighted by Crippen LogP contribution is 2.40. The maximum Gasteiger partial charge on any atom is 0.323 e.